The number of hydrogen-bond acceptors (Lipinski definition) is 2. The van der Waals surface area contributed by atoms with Gasteiger partial charge < -0.3 is 9.64 Å². The van der Waals surface area contributed by atoms with Crippen molar-refractivity contribution >= 4 is 0 Å². The van der Waals surface area contributed by atoms with Crippen LogP contribution in [0.25, 0.3) is 0 Å². The van der Waals surface area contributed by atoms with Gasteiger partial charge in [0.1, 0.15) is 11.9 Å². The second-order valence-electron chi connectivity index (χ2n) is 5.26. The predicted octanol–water partition coefficient (Wildman–Crippen LogP) is 3.28. The highest BCUT2D eigenvalue weighted by Crippen LogP contribution is 2.22. The molecule has 18 heavy (non-hydrogen) atoms. The second-order valence-corrected chi connectivity index (χ2v) is 5.26. The van der Waals surface area contributed by atoms with E-state index >= 15 is 0 Å². The van der Waals surface area contributed by atoms with E-state index < -0.39 is 0 Å². The molecule has 0 radical (unpaired) electrons. The van der Waals surface area contributed by atoms with E-state index in [-0.39, 0.29) is 0 Å². The highest BCUT2D eigenvalue weighted by Gasteiger charge is 2.18. The highest BCUT2D eigenvalue weighted by molar-refractivity contribution is 5.35. The third kappa shape index (κ3) is 3.26. The van der Waals surface area contributed by atoms with Crippen LogP contribution in [0.15, 0.2) is 18.2 Å². The Balaban J connectivity index is 2.01. The smallest absolute Gasteiger partial charge is 0.120 e. The van der Waals surface area contributed by atoms with Crippen LogP contribution in [0.3, 0.4) is 0 Å². The van der Waals surface area contributed by atoms with Crippen molar-refractivity contribution in [3.63, 3.8) is 0 Å². The Morgan fingerprint density at radius 3 is 2.39 bits per heavy atom. The molecule has 1 saturated heterocycles. The molecule has 1 heterocycles. The van der Waals surface area contributed by atoms with Crippen molar-refractivity contribution in [2.45, 2.75) is 45.6 Å². The van der Waals surface area contributed by atoms with Crippen molar-refractivity contribution in [3.8, 4) is 5.75 Å². The molecular weight excluding hydrogens is 222 g/mol. The minimum atomic E-state index is 0.401. The number of hydrogen-bond donors (Lipinski definition) is 0. The number of likely N-dealkylation sites (tertiary alicyclic amines) is 1. The molecule has 1 aromatic rings. The van der Waals surface area contributed by atoms with Gasteiger partial charge in [-0.2, -0.15) is 0 Å². The molecule has 100 valence electrons. The van der Waals surface area contributed by atoms with Crippen molar-refractivity contribution in [2.75, 3.05) is 20.1 Å². The number of aryl methyl sites for hydroxylation is 2. The molecule has 0 aliphatic carbocycles. The van der Waals surface area contributed by atoms with E-state index in [1.165, 1.54) is 11.1 Å². The Morgan fingerprint density at radius 2 is 1.78 bits per heavy atom. The standard InChI is InChI=1S/C16H25NO/c1-4-13-6-7-16(12-14(13)5-2)18-15-8-10-17(3)11-9-15/h6-7,12,15H,4-5,8-11H2,1-3H3. The van der Waals surface area contributed by atoms with Crippen LogP contribution in [0.5, 0.6) is 5.75 Å². The fraction of sp³-hybridized carbons (Fsp3) is 0.625. The van der Waals surface area contributed by atoms with Crippen LogP contribution in [0.1, 0.15) is 37.8 Å². The van der Waals surface area contributed by atoms with Gasteiger partial charge in [0.05, 0.1) is 0 Å². The Morgan fingerprint density at radius 1 is 1.11 bits per heavy atom. The summed E-state index contributed by atoms with van der Waals surface area (Å²) in [5.74, 6) is 1.05. The molecule has 2 heteroatoms. The lowest BCUT2D eigenvalue weighted by atomic mass is 10.0. The molecule has 0 amide bonds. The predicted molar refractivity (Wildman–Crippen MR) is 76.3 cm³/mol. The van der Waals surface area contributed by atoms with Gasteiger partial charge in [-0.05, 0) is 56.0 Å². The van der Waals surface area contributed by atoms with Crippen molar-refractivity contribution in [1.82, 2.24) is 4.90 Å². The SMILES string of the molecule is CCc1ccc(OC2CCN(C)CC2)cc1CC. The Kier molecular flexibility index (Phi) is 4.65. The molecule has 0 unspecified atom stereocenters. The van der Waals surface area contributed by atoms with E-state index in [9.17, 15) is 0 Å². The fourth-order valence-corrected chi connectivity index (χ4v) is 2.64. The summed E-state index contributed by atoms with van der Waals surface area (Å²) in [7, 11) is 2.18. The molecule has 1 aliphatic heterocycles. The minimum absolute atomic E-state index is 0.401. The van der Waals surface area contributed by atoms with Crippen molar-refractivity contribution in [2.24, 2.45) is 0 Å². The number of rotatable bonds is 4. The molecule has 0 spiro atoms. The summed E-state index contributed by atoms with van der Waals surface area (Å²) in [6.45, 7) is 6.73. The zero-order valence-corrected chi connectivity index (χ0v) is 11.9. The molecule has 0 N–H and O–H groups in total. The zero-order valence-electron chi connectivity index (χ0n) is 11.9. The quantitative estimate of drug-likeness (QED) is 0.809. The van der Waals surface area contributed by atoms with Crippen molar-refractivity contribution in [1.29, 1.82) is 0 Å². The summed E-state index contributed by atoms with van der Waals surface area (Å²) in [5, 5.41) is 0. The molecule has 1 aromatic carbocycles. The molecule has 0 saturated carbocycles. The number of benzene rings is 1. The second kappa shape index (κ2) is 6.24. The van der Waals surface area contributed by atoms with Crippen molar-refractivity contribution in [3.05, 3.63) is 29.3 Å². The third-order valence-electron chi connectivity index (χ3n) is 3.91. The topological polar surface area (TPSA) is 12.5 Å². The van der Waals surface area contributed by atoms with E-state index in [1.54, 1.807) is 0 Å². The summed E-state index contributed by atoms with van der Waals surface area (Å²) < 4.78 is 6.12. The molecule has 1 aliphatic rings. The lowest BCUT2D eigenvalue weighted by Crippen LogP contribution is -2.35. The normalized spacial score (nSPS) is 17.9. The zero-order chi connectivity index (χ0) is 13.0. The third-order valence-corrected chi connectivity index (χ3v) is 3.91. The molecule has 2 rings (SSSR count). The minimum Gasteiger partial charge on any atom is -0.490 e. The lowest BCUT2D eigenvalue weighted by Gasteiger charge is -2.29. The van der Waals surface area contributed by atoms with Gasteiger partial charge in [0.25, 0.3) is 0 Å². The van der Waals surface area contributed by atoms with Gasteiger partial charge in [-0.1, -0.05) is 19.9 Å². The maximum Gasteiger partial charge on any atom is 0.120 e. The average Bonchev–Trinajstić information content (AvgIpc) is 2.41. The summed E-state index contributed by atoms with van der Waals surface area (Å²) in [4.78, 5) is 2.37. The van der Waals surface area contributed by atoms with E-state index in [0.717, 1.165) is 44.5 Å². The van der Waals surface area contributed by atoms with Gasteiger partial charge in [0.2, 0.25) is 0 Å². The number of piperidine rings is 1. The molecule has 0 atom stereocenters. The first-order valence-corrected chi connectivity index (χ1v) is 7.20. The van der Waals surface area contributed by atoms with E-state index in [2.05, 4.69) is 44.0 Å². The first-order chi connectivity index (χ1) is 8.72. The molecular formula is C16H25NO. The van der Waals surface area contributed by atoms with E-state index in [1.807, 2.05) is 0 Å². The van der Waals surface area contributed by atoms with Gasteiger partial charge >= 0.3 is 0 Å². The fourth-order valence-electron chi connectivity index (χ4n) is 2.64. The maximum atomic E-state index is 6.12. The number of ether oxygens (including phenoxy) is 1. The Labute approximate surface area is 111 Å². The lowest BCUT2D eigenvalue weighted by molar-refractivity contribution is 0.114. The Hall–Kier alpha value is -1.02. The van der Waals surface area contributed by atoms with Crippen LogP contribution in [0.4, 0.5) is 0 Å². The first kappa shape index (κ1) is 13.4. The Bertz CT molecular complexity index is 381. The largest absolute Gasteiger partial charge is 0.490 e. The van der Waals surface area contributed by atoms with Crippen LogP contribution in [0.2, 0.25) is 0 Å². The van der Waals surface area contributed by atoms with Gasteiger partial charge in [0.15, 0.2) is 0 Å². The van der Waals surface area contributed by atoms with Crippen LogP contribution in [-0.2, 0) is 12.8 Å². The van der Waals surface area contributed by atoms with Crippen LogP contribution >= 0.6 is 0 Å². The van der Waals surface area contributed by atoms with E-state index in [4.69, 9.17) is 4.74 Å². The summed E-state index contributed by atoms with van der Waals surface area (Å²) in [6.07, 6.45) is 4.89. The van der Waals surface area contributed by atoms with E-state index in [0.29, 0.717) is 6.10 Å². The molecule has 0 bridgehead atoms. The monoisotopic (exact) mass is 247 g/mol. The molecule has 2 nitrogen and oxygen atoms in total. The molecule has 1 fully saturated rings. The maximum absolute atomic E-state index is 6.12. The highest BCUT2D eigenvalue weighted by atomic mass is 16.5. The summed E-state index contributed by atoms with van der Waals surface area (Å²) >= 11 is 0. The molecule has 0 aromatic heterocycles. The average molecular weight is 247 g/mol. The van der Waals surface area contributed by atoms with Gasteiger partial charge in [-0.3, -0.25) is 0 Å². The van der Waals surface area contributed by atoms with Crippen LogP contribution in [-0.4, -0.2) is 31.1 Å². The number of nitrogens with zero attached hydrogens (tertiary/aromatic N) is 1. The first-order valence-electron chi connectivity index (χ1n) is 7.20. The van der Waals surface area contributed by atoms with Gasteiger partial charge in [-0.25, -0.2) is 0 Å². The van der Waals surface area contributed by atoms with Gasteiger partial charge in [0, 0.05) is 13.1 Å². The van der Waals surface area contributed by atoms with Crippen molar-refractivity contribution < 1.29 is 4.74 Å². The summed E-state index contributed by atoms with van der Waals surface area (Å²) in [5.41, 5.74) is 2.89. The van der Waals surface area contributed by atoms with Crippen LogP contribution in [0, 0.1) is 0 Å². The van der Waals surface area contributed by atoms with Crippen LogP contribution < -0.4 is 4.74 Å². The van der Waals surface area contributed by atoms with Gasteiger partial charge in [-0.15, -0.1) is 0 Å². The summed E-state index contributed by atoms with van der Waals surface area (Å²) in [6, 6.07) is 6.59.